The molecule has 0 bridgehead atoms. The van der Waals surface area contributed by atoms with Gasteiger partial charge in [-0.3, -0.25) is 19.2 Å². The highest BCUT2D eigenvalue weighted by molar-refractivity contribution is 5.94. The van der Waals surface area contributed by atoms with Crippen molar-refractivity contribution in [3.63, 3.8) is 0 Å². The third-order valence-electron chi connectivity index (χ3n) is 8.68. The average Bonchev–Trinajstić information content (AvgIpc) is 3.73. The fourth-order valence-corrected chi connectivity index (χ4v) is 6.08. The van der Waals surface area contributed by atoms with E-state index < -0.39 is 18.1 Å². The smallest absolute Gasteiger partial charge is 0.247 e. The zero-order chi connectivity index (χ0) is 31.1. The second-order valence-corrected chi connectivity index (χ2v) is 11.5. The molecule has 2 aliphatic heterocycles. The number of hydrogen-bond acceptors (Lipinski definition) is 6. The molecule has 4 amide bonds. The molecule has 2 saturated heterocycles. The molecule has 3 heterocycles. The highest BCUT2D eigenvalue weighted by atomic mass is 16.2. The molecule has 3 N–H and O–H groups in total. The number of aromatic nitrogens is 2. The van der Waals surface area contributed by atoms with Crippen molar-refractivity contribution in [1.29, 1.82) is 0 Å². The number of nitrogens with zero attached hydrogens (tertiary/aromatic N) is 4. The fourth-order valence-electron chi connectivity index (χ4n) is 6.08. The van der Waals surface area contributed by atoms with Crippen LogP contribution in [-0.2, 0) is 25.7 Å². The maximum atomic E-state index is 14.2. The molecule has 5 rings (SSSR count). The van der Waals surface area contributed by atoms with Crippen LogP contribution in [0.1, 0.15) is 49.8 Å². The quantitative estimate of drug-likeness (QED) is 0.327. The number of carbonyl (C=O) groups excluding carboxylic acids is 4. The maximum Gasteiger partial charge on any atom is 0.247 e. The molecule has 3 aromatic rings. The number of hydrogen-bond donors (Lipinski definition) is 3. The lowest BCUT2D eigenvalue weighted by Crippen LogP contribution is -2.62. The predicted molar refractivity (Wildman–Crippen MR) is 165 cm³/mol. The third-order valence-corrected chi connectivity index (χ3v) is 8.68. The number of carbonyl (C=O) groups is 4. The lowest BCUT2D eigenvalue weighted by molar-refractivity contribution is -0.147. The number of benzene rings is 2. The van der Waals surface area contributed by atoms with Gasteiger partial charge in [-0.15, -0.1) is 0 Å². The van der Waals surface area contributed by atoms with E-state index in [0.717, 1.165) is 11.1 Å². The Hall–Kier alpha value is -4.51. The van der Waals surface area contributed by atoms with Crippen LogP contribution in [0.5, 0.6) is 0 Å². The van der Waals surface area contributed by atoms with Crippen molar-refractivity contribution >= 4 is 23.6 Å². The van der Waals surface area contributed by atoms with Gasteiger partial charge in [0.05, 0.1) is 18.4 Å². The van der Waals surface area contributed by atoms with Gasteiger partial charge in [-0.25, -0.2) is 4.98 Å². The summed E-state index contributed by atoms with van der Waals surface area (Å²) in [5.41, 5.74) is 1.88. The second kappa shape index (κ2) is 14.3. The van der Waals surface area contributed by atoms with E-state index in [-0.39, 0.29) is 48.7 Å². The van der Waals surface area contributed by atoms with Crippen molar-refractivity contribution in [3.05, 3.63) is 90.5 Å². The maximum absolute atomic E-state index is 14.2. The summed E-state index contributed by atoms with van der Waals surface area (Å²) in [5.74, 6) is -1.02. The lowest BCUT2D eigenvalue weighted by Gasteiger charge is -2.39. The van der Waals surface area contributed by atoms with Crippen LogP contribution in [0.4, 0.5) is 0 Å². The number of imidazole rings is 1. The largest absolute Gasteiger partial charge is 0.343 e. The van der Waals surface area contributed by atoms with Crippen molar-refractivity contribution < 1.29 is 19.2 Å². The summed E-state index contributed by atoms with van der Waals surface area (Å²) < 4.78 is 1.83. The summed E-state index contributed by atoms with van der Waals surface area (Å²) in [4.78, 5) is 61.9. The van der Waals surface area contributed by atoms with Crippen molar-refractivity contribution in [1.82, 2.24) is 35.3 Å². The van der Waals surface area contributed by atoms with Gasteiger partial charge in [-0.1, -0.05) is 60.7 Å². The number of fused-ring (bicyclic) bond motifs is 1. The standard InChI is InChI=1S/C33H41N7O4/c1-23(34-2)31(42)36-27-21-39(29(41)16-18-38-20-17-35-22-38)19-15-26-13-14-28(40(26)33(27)44)32(43)37-30(24-9-5-3-6-10-24)25-11-7-4-8-12-25/h3-12,17,20,22-23,26-28,30,34H,13-16,18-19,21H2,1-2H3,(H,36,42)(H,37,43)/t23-,26+,27-,28-/m0/s1. The van der Waals surface area contributed by atoms with Gasteiger partial charge in [0.1, 0.15) is 12.1 Å². The Labute approximate surface area is 258 Å². The highest BCUT2D eigenvalue weighted by Crippen LogP contribution is 2.31. The Bertz CT molecular complexity index is 1380. The molecule has 2 aromatic carbocycles. The number of amides is 4. The summed E-state index contributed by atoms with van der Waals surface area (Å²) in [7, 11) is 1.67. The minimum Gasteiger partial charge on any atom is -0.343 e. The average molecular weight is 600 g/mol. The predicted octanol–water partition coefficient (Wildman–Crippen LogP) is 1.86. The molecule has 2 fully saturated rings. The summed E-state index contributed by atoms with van der Waals surface area (Å²) >= 11 is 0. The number of aryl methyl sites for hydroxylation is 1. The zero-order valence-corrected chi connectivity index (χ0v) is 25.3. The first-order valence-electron chi connectivity index (χ1n) is 15.3. The fraction of sp³-hybridized carbons (Fsp3) is 0.424. The van der Waals surface area contributed by atoms with Gasteiger partial charge in [0.2, 0.25) is 23.6 Å². The minimum absolute atomic E-state index is 0.0397. The number of likely N-dealkylation sites (N-methyl/N-ethyl adjacent to an activating group) is 1. The first-order valence-corrected chi connectivity index (χ1v) is 15.3. The van der Waals surface area contributed by atoms with Crippen LogP contribution in [0.2, 0.25) is 0 Å². The van der Waals surface area contributed by atoms with Gasteiger partial charge in [-0.2, -0.15) is 0 Å². The van der Waals surface area contributed by atoms with Gasteiger partial charge in [0.25, 0.3) is 0 Å². The van der Waals surface area contributed by atoms with Crippen LogP contribution < -0.4 is 16.0 Å². The minimum atomic E-state index is -0.981. The van der Waals surface area contributed by atoms with Crippen molar-refractivity contribution in [2.45, 2.75) is 69.4 Å². The summed E-state index contributed by atoms with van der Waals surface area (Å²) in [6.45, 7) is 2.64. The zero-order valence-electron chi connectivity index (χ0n) is 25.3. The van der Waals surface area contributed by atoms with Gasteiger partial charge in [0.15, 0.2) is 0 Å². The normalized spacial score (nSPS) is 20.9. The molecule has 2 aliphatic rings. The second-order valence-electron chi connectivity index (χ2n) is 11.5. The van der Waals surface area contributed by atoms with Crippen molar-refractivity contribution in [2.75, 3.05) is 20.1 Å². The molecule has 4 atom stereocenters. The van der Waals surface area contributed by atoms with Crippen LogP contribution >= 0.6 is 0 Å². The molecule has 0 radical (unpaired) electrons. The SMILES string of the molecule is CN[C@@H](C)C(=O)N[C@H]1CN(C(=O)CCn2ccnc2)CC[C@H]2CC[C@@H](C(=O)NC(c3ccccc3)c3ccccc3)N2C1=O. The molecule has 11 heteroatoms. The molecule has 0 aliphatic carbocycles. The van der Waals surface area contributed by atoms with Crippen LogP contribution in [0.3, 0.4) is 0 Å². The molecule has 0 saturated carbocycles. The summed E-state index contributed by atoms with van der Waals surface area (Å²) in [6, 6.07) is 16.7. The van der Waals surface area contributed by atoms with E-state index in [2.05, 4.69) is 20.9 Å². The Morgan fingerprint density at radius 1 is 0.977 bits per heavy atom. The topological polar surface area (TPSA) is 129 Å². The van der Waals surface area contributed by atoms with Crippen LogP contribution in [-0.4, -0.2) is 87.3 Å². The van der Waals surface area contributed by atoms with E-state index in [1.54, 1.807) is 42.5 Å². The van der Waals surface area contributed by atoms with Gasteiger partial charge >= 0.3 is 0 Å². The van der Waals surface area contributed by atoms with E-state index in [1.807, 2.05) is 65.2 Å². The molecule has 0 spiro atoms. The van der Waals surface area contributed by atoms with Crippen molar-refractivity contribution in [2.24, 2.45) is 0 Å². The first kappa shape index (κ1) is 30.9. The molecule has 232 valence electrons. The van der Waals surface area contributed by atoms with E-state index >= 15 is 0 Å². The molecule has 0 unspecified atom stereocenters. The van der Waals surface area contributed by atoms with Crippen LogP contribution in [0.25, 0.3) is 0 Å². The molecule has 1 aromatic heterocycles. The van der Waals surface area contributed by atoms with Crippen LogP contribution in [0, 0.1) is 0 Å². The van der Waals surface area contributed by atoms with E-state index in [1.165, 1.54) is 0 Å². The Balaban J connectivity index is 1.36. The van der Waals surface area contributed by atoms with Gasteiger partial charge < -0.3 is 30.3 Å². The molecule has 11 nitrogen and oxygen atoms in total. The Morgan fingerprint density at radius 2 is 1.66 bits per heavy atom. The third kappa shape index (κ3) is 7.16. The number of nitrogens with one attached hydrogen (secondary N) is 3. The molecular formula is C33H41N7O4. The van der Waals surface area contributed by atoms with Gasteiger partial charge in [0, 0.05) is 44.5 Å². The highest BCUT2D eigenvalue weighted by Gasteiger charge is 2.45. The summed E-state index contributed by atoms with van der Waals surface area (Å²) in [6.07, 6.45) is 7.06. The van der Waals surface area contributed by atoms with E-state index in [9.17, 15) is 19.2 Å². The van der Waals surface area contributed by atoms with E-state index in [4.69, 9.17) is 0 Å². The Kier molecular flexibility index (Phi) is 10.1. The van der Waals surface area contributed by atoms with Crippen molar-refractivity contribution in [3.8, 4) is 0 Å². The lowest BCUT2D eigenvalue weighted by atomic mass is 9.98. The summed E-state index contributed by atoms with van der Waals surface area (Å²) in [5, 5.41) is 8.99. The number of rotatable bonds is 10. The van der Waals surface area contributed by atoms with Crippen LogP contribution in [0.15, 0.2) is 79.4 Å². The molecular weight excluding hydrogens is 558 g/mol. The Morgan fingerprint density at radius 3 is 2.27 bits per heavy atom. The molecule has 44 heavy (non-hydrogen) atoms. The van der Waals surface area contributed by atoms with E-state index in [0.29, 0.717) is 32.4 Å². The first-order chi connectivity index (χ1) is 21.4. The monoisotopic (exact) mass is 599 g/mol. The van der Waals surface area contributed by atoms with Gasteiger partial charge in [-0.05, 0) is 44.4 Å².